The van der Waals surface area contributed by atoms with Crippen molar-refractivity contribution in [1.82, 2.24) is 10.1 Å². The Labute approximate surface area is 222 Å². The Hall–Kier alpha value is -1.97. The summed E-state index contributed by atoms with van der Waals surface area (Å²) in [5.74, 6) is 0.324. The van der Waals surface area contributed by atoms with Crippen molar-refractivity contribution in [3.8, 4) is 11.3 Å². The van der Waals surface area contributed by atoms with E-state index >= 15 is 0 Å². The van der Waals surface area contributed by atoms with Crippen molar-refractivity contribution in [3.63, 3.8) is 0 Å². The summed E-state index contributed by atoms with van der Waals surface area (Å²) in [5.41, 5.74) is 1.68. The fourth-order valence-corrected chi connectivity index (χ4v) is 7.62. The number of carboxylic acids is 1. The Morgan fingerprint density at radius 2 is 1.86 bits per heavy atom. The molecule has 10 heteroatoms. The van der Waals surface area contributed by atoms with Crippen molar-refractivity contribution in [2.45, 2.75) is 69.2 Å². The smallest absolute Gasteiger partial charge is 0.309 e. The normalized spacial score (nSPS) is 27.5. The molecule has 0 spiro atoms. The topological polar surface area (TPSA) is 106 Å². The molecular formula is C26H26Cl2N2O5S. The number of hydrogen-bond donors (Lipinski definition) is 2. The lowest BCUT2D eigenvalue weighted by molar-refractivity contribution is -0.136. The molecule has 0 unspecified atom stereocenters. The molecule has 0 amide bonds. The molecule has 3 aromatic rings. The van der Waals surface area contributed by atoms with Crippen LogP contribution in [0.2, 0.25) is 10.0 Å². The third-order valence-corrected chi connectivity index (χ3v) is 9.52. The van der Waals surface area contributed by atoms with Gasteiger partial charge < -0.3 is 19.5 Å². The average molecular weight is 549 g/mol. The number of aromatic nitrogens is 2. The standard InChI is InChI=1S/C26H26Cl2N2O5S/c27-19-2-1-3-20(28)22(19)23-18(24(35-30-23)13-4-5-13)11-34-17-8-14-6-7-15(9-17)26(14,33)25-29-16(12-36-25)10-21(31)32/h1-3,12-15,17,33H,4-11H2,(H,31,32)/t14-,15+,17-,26+. The first-order valence-corrected chi connectivity index (χ1v) is 13.9. The lowest BCUT2D eigenvalue weighted by atomic mass is 9.73. The number of ether oxygens (including phenoxy) is 1. The zero-order chi connectivity index (χ0) is 25.0. The van der Waals surface area contributed by atoms with Crippen LogP contribution in [-0.4, -0.2) is 32.4 Å². The molecule has 7 nitrogen and oxygen atoms in total. The molecule has 2 heterocycles. The number of aliphatic carboxylic acids is 1. The maximum atomic E-state index is 11.7. The molecule has 0 saturated heterocycles. The van der Waals surface area contributed by atoms with Gasteiger partial charge in [-0.25, -0.2) is 4.98 Å². The van der Waals surface area contributed by atoms with Gasteiger partial charge in [0.15, 0.2) is 0 Å². The highest BCUT2D eigenvalue weighted by molar-refractivity contribution is 7.09. The van der Waals surface area contributed by atoms with Crippen LogP contribution < -0.4 is 0 Å². The number of carbonyl (C=O) groups is 1. The lowest BCUT2D eigenvalue weighted by Gasteiger charge is -2.41. The number of carboxylic acid groups (broad SMARTS) is 1. The van der Waals surface area contributed by atoms with Gasteiger partial charge in [0.05, 0.1) is 34.9 Å². The van der Waals surface area contributed by atoms with Crippen molar-refractivity contribution in [1.29, 1.82) is 0 Å². The first-order valence-electron chi connectivity index (χ1n) is 12.3. The van der Waals surface area contributed by atoms with Crippen LogP contribution in [0.3, 0.4) is 0 Å². The van der Waals surface area contributed by atoms with Gasteiger partial charge in [0.1, 0.15) is 22.1 Å². The quantitative estimate of drug-likeness (QED) is 0.345. The summed E-state index contributed by atoms with van der Waals surface area (Å²) in [6.45, 7) is 0.342. The van der Waals surface area contributed by atoms with Gasteiger partial charge >= 0.3 is 5.97 Å². The van der Waals surface area contributed by atoms with Crippen LogP contribution in [0.15, 0.2) is 28.1 Å². The van der Waals surface area contributed by atoms with E-state index in [0.29, 0.717) is 57.4 Å². The molecule has 3 saturated carbocycles. The van der Waals surface area contributed by atoms with Crippen molar-refractivity contribution in [3.05, 3.63) is 55.6 Å². The van der Waals surface area contributed by atoms with E-state index in [1.54, 1.807) is 23.6 Å². The molecular weight excluding hydrogens is 523 g/mol. The van der Waals surface area contributed by atoms with Crippen molar-refractivity contribution in [2.75, 3.05) is 0 Å². The minimum atomic E-state index is -1.02. The Balaban J connectivity index is 1.20. The summed E-state index contributed by atoms with van der Waals surface area (Å²) >= 11 is 14.3. The molecule has 190 valence electrons. The third-order valence-electron chi connectivity index (χ3n) is 7.86. The fourth-order valence-electron chi connectivity index (χ4n) is 5.96. The molecule has 1 aromatic carbocycles. The van der Waals surface area contributed by atoms with Gasteiger partial charge in [-0.1, -0.05) is 34.4 Å². The van der Waals surface area contributed by atoms with Crippen molar-refractivity contribution in [2.24, 2.45) is 11.8 Å². The Bertz CT molecular complexity index is 1270. The molecule has 0 aliphatic heterocycles. The summed E-state index contributed by atoms with van der Waals surface area (Å²) in [4.78, 5) is 15.6. The third kappa shape index (κ3) is 4.27. The van der Waals surface area contributed by atoms with E-state index in [1.807, 2.05) is 0 Å². The number of thiazole rings is 1. The zero-order valence-corrected chi connectivity index (χ0v) is 21.8. The van der Waals surface area contributed by atoms with E-state index in [-0.39, 0.29) is 24.4 Å². The SMILES string of the molecule is O=C(O)Cc1csc([C@]2(O)[C@@H]3CC[C@H]2C[C@H](OCc2c(-c4c(Cl)cccc4Cl)noc2C2CC2)C3)n1. The van der Waals surface area contributed by atoms with Gasteiger partial charge in [-0.05, 0) is 62.5 Å². The molecule has 36 heavy (non-hydrogen) atoms. The predicted octanol–water partition coefficient (Wildman–Crippen LogP) is 6.20. The van der Waals surface area contributed by atoms with E-state index in [2.05, 4.69) is 10.1 Å². The van der Waals surface area contributed by atoms with Crippen LogP contribution in [0.25, 0.3) is 11.3 Å². The minimum Gasteiger partial charge on any atom is -0.481 e. The molecule has 4 atom stereocenters. The molecule has 2 bridgehead atoms. The summed E-state index contributed by atoms with van der Waals surface area (Å²) in [7, 11) is 0. The monoisotopic (exact) mass is 548 g/mol. The Morgan fingerprint density at radius 3 is 2.50 bits per heavy atom. The number of nitrogens with zero attached hydrogens (tertiary/aromatic N) is 2. The molecule has 3 aliphatic carbocycles. The van der Waals surface area contributed by atoms with Crippen molar-refractivity contribution >= 4 is 40.5 Å². The van der Waals surface area contributed by atoms with Crippen LogP contribution in [0, 0.1) is 11.8 Å². The highest BCUT2D eigenvalue weighted by Gasteiger charge is 2.56. The van der Waals surface area contributed by atoms with Crippen LogP contribution in [-0.2, 0) is 28.2 Å². The van der Waals surface area contributed by atoms with E-state index in [4.69, 9.17) is 37.6 Å². The van der Waals surface area contributed by atoms with Crippen LogP contribution in [0.1, 0.15) is 66.5 Å². The highest BCUT2D eigenvalue weighted by atomic mass is 35.5. The molecule has 0 radical (unpaired) electrons. The second kappa shape index (κ2) is 9.40. The number of hydrogen-bond acceptors (Lipinski definition) is 7. The molecule has 3 fully saturated rings. The van der Waals surface area contributed by atoms with E-state index < -0.39 is 11.6 Å². The minimum absolute atomic E-state index is 0.0160. The van der Waals surface area contributed by atoms with Gasteiger partial charge in [-0.3, -0.25) is 4.79 Å². The van der Waals surface area contributed by atoms with Gasteiger partial charge in [0.25, 0.3) is 0 Å². The fraction of sp³-hybridized carbons (Fsp3) is 0.500. The van der Waals surface area contributed by atoms with Gasteiger partial charge in [-0.15, -0.1) is 11.3 Å². The summed E-state index contributed by atoms with van der Waals surface area (Å²) in [6, 6.07) is 5.39. The van der Waals surface area contributed by atoms with E-state index in [0.717, 1.165) is 37.0 Å². The summed E-state index contributed by atoms with van der Waals surface area (Å²) in [5, 5.41) is 28.6. The molecule has 6 rings (SSSR count). The average Bonchev–Trinajstić information content (AvgIpc) is 3.40. The van der Waals surface area contributed by atoms with Crippen LogP contribution in [0.5, 0.6) is 0 Å². The largest absolute Gasteiger partial charge is 0.481 e. The lowest BCUT2D eigenvalue weighted by Crippen LogP contribution is -2.44. The van der Waals surface area contributed by atoms with E-state index in [1.165, 1.54) is 11.3 Å². The number of rotatable bonds is 8. The highest BCUT2D eigenvalue weighted by Crippen LogP contribution is 2.56. The number of fused-ring (bicyclic) bond motifs is 2. The van der Waals surface area contributed by atoms with Gasteiger partial charge in [-0.2, -0.15) is 0 Å². The van der Waals surface area contributed by atoms with Crippen LogP contribution in [0.4, 0.5) is 0 Å². The summed E-state index contributed by atoms with van der Waals surface area (Å²) in [6.07, 6.45) is 5.21. The maximum Gasteiger partial charge on any atom is 0.309 e. The number of aliphatic hydroxyl groups is 1. The Morgan fingerprint density at radius 1 is 1.17 bits per heavy atom. The number of halogens is 2. The summed E-state index contributed by atoms with van der Waals surface area (Å²) < 4.78 is 12.2. The molecule has 3 aliphatic rings. The van der Waals surface area contributed by atoms with Crippen molar-refractivity contribution < 1.29 is 24.3 Å². The molecule has 2 aromatic heterocycles. The molecule has 2 N–H and O–H groups in total. The van der Waals surface area contributed by atoms with Gasteiger partial charge in [0, 0.05) is 22.4 Å². The van der Waals surface area contributed by atoms with Gasteiger partial charge in [0.2, 0.25) is 0 Å². The van der Waals surface area contributed by atoms with Crippen LogP contribution >= 0.6 is 34.5 Å². The second-order valence-electron chi connectivity index (χ2n) is 10.2. The number of benzene rings is 1. The maximum absolute atomic E-state index is 11.7. The first-order chi connectivity index (χ1) is 17.3. The van der Waals surface area contributed by atoms with E-state index in [9.17, 15) is 9.90 Å². The predicted molar refractivity (Wildman–Crippen MR) is 135 cm³/mol. The Kier molecular flexibility index (Phi) is 6.37. The zero-order valence-electron chi connectivity index (χ0n) is 19.5. The first kappa shape index (κ1) is 24.4. The second-order valence-corrected chi connectivity index (χ2v) is 11.8.